The average Bonchev–Trinajstić information content (AvgIpc) is 2.63. The van der Waals surface area contributed by atoms with Gasteiger partial charge in [0.1, 0.15) is 0 Å². The third kappa shape index (κ3) is 2.87. The van der Waals surface area contributed by atoms with E-state index >= 15 is 0 Å². The minimum Gasteiger partial charge on any atom is -0.397 e. The lowest BCUT2D eigenvalue weighted by Crippen LogP contribution is -2.08. The quantitative estimate of drug-likeness (QED) is 0.789. The van der Waals surface area contributed by atoms with Crippen LogP contribution in [0, 0.1) is 13.8 Å². The number of rotatable bonds is 3. The van der Waals surface area contributed by atoms with Gasteiger partial charge in [-0.1, -0.05) is 15.9 Å². The summed E-state index contributed by atoms with van der Waals surface area (Å²) in [6.07, 6.45) is 0. The predicted octanol–water partition coefficient (Wildman–Crippen LogP) is 4.88. The van der Waals surface area contributed by atoms with Gasteiger partial charge in [0.15, 0.2) is 0 Å². The molecule has 2 aromatic rings. The largest absolute Gasteiger partial charge is 0.397 e. The minimum absolute atomic E-state index is 0.256. The zero-order valence-corrected chi connectivity index (χ0v) is 13.2. The lowest BCUT2D eigenvalue weighted by molar-refractivity contribution is 0.882. The monoisotopic (exact) mass is 324 g/mol. The van der Waals surface area contributed by atoms with Crippen molar-refractivity contribution in [1.29, 1.82) is 0 Å². The van der Waals surface area contributed by atoms with Crippen molar-refractivity contribution in [3.8, 4) is 0 Å². The smallest absolute Gasteiger partial charge is 0.0589 e. The van der Waals surface area contributed by atoms with E-state index in [0.29, 0.717) is 0 Å². The molecule has 3 N–H and O–H groups in total. The van der Waals surface area contributed by atoms with Crippen LogP contribution < -0.4 is 11.1 Å². The molecule has 1 aromatic heterocycles. The molecule has 1 heterocycles. The molecule has 2 nitrogen and oxygen atoms in total. The molecule has 1 unspecified atom stereocenters. The Morgan fingerprint density at radius 1 is 1.28 bits per heavy atom. The van der Waals surface area contributed by atoms with Gasteiger partial charge in [0.2, 0.25) is 0 Å². The highest BCUT2D eigenvalue weighted by molar-refractivity contribution is 9.10. The van der Waals surface area contributed by atoms with Crippen LogP contribution >= 0.6 is 27.3 Å². The fraction of sp³-hybridized carbons (Fsp3) is 0.286. The van der Waals surface area contributed by atoms with E-state index in [1.807, 2.05) is 29.5 Å². The number of hydrogen-bond donors (Lipinski definition) is 2. The fourth-order valence-electron chi connectivity index (χ4n) is 2.04. The molecule has 4 heteroatoms. The van der Waals surface area contributed by atoms with Crippen molar-refractivity contribution in [3.63, 3.8) is 0 Å². The van der Waals surface area contributed by atoms with Crippen molar-refractivity contribution in [3.05, 3.63) is 44.1 Å². The topological polar surface area (TPSA) is 38.0 Å². The lowest BCUT2D eigenvalue weighted by atomic mass is 10.1. The number of anilines is 2. The molecular formula is C14H17BrN2S. The van der Waals surface area contributed by atoms with Crippen LogP contribution in [0.25, 0.3) is 0 Å². The second-order valence-electron chi connectivity index (χ2n) is 4.47. The van der Waals surface area contributed by atoms with Crippen molar-refractivity contribution in [1.82, 2.24) is 0 Å². The molecule has 0 radical (unpaired) electrons. The summed E-state index contributed by atoms with van der Waals surface area (Å²) < 4.78 is 1.03. The highest BCUT2D eigenvalue weighted by Gasteiger charge is 2.12. The van der Waals surface area contributed by atoms with E-state index in [2.05, 4.69) is 48.1 Å². The summed E-state index contributed by atoms with van der Waals surface area (Å²) >= 11 is 5.30. The van der Waals surface area contributed by atoms with Crippen LogP contribution in [-0.2, 0) is 0 Å². The van der Waals surface area contributed by atoms with Crippen LogP contribution in [0.2, 0.25) is 0 Å². The second kappa shape index (κ2) is 5.33. The third-order valence-corrected chi connectivity index (χ3v) is 4.41. The Kier molecular flexibility index (Phi) is 3.97. The second-order valence-corrected chi connectivity index (χ2v) is 6.84. The molecule has 0 amide bonds. The summed E-state index contributed by atoms with van der Waals surface area (Å²) in [7, 11) is 0. The van der Waals surface area contributed by atoms with E-state index in [0.717, 1.165) is 15.8 Å². The molecule has 18 heavy (non-hydrogen) atoms. The molecule has 1 atom stereocenters. The molecule has 0 saturated heterocycles. The summed E-state index contributed by atoms with van der Waals surface area (Å²) in [4.78, 5) is 2.71. The average molecular weight is 325 g/mol. The van der Waals surface area contributed by atoms with Gasteiger partial charge in [-0.15, -0.1) is 11.3 Å². The Bertz CT molecular complexity index is 563. The number of benzene rings is 1. The number of nitrogen functional groups attached to an aromatic ring is 1. The van der Waals surface area contributed by atoms with Crippen LogP contribution in [0.4, 0.5) is 11.4 Å². The summed E-state index contributed by atoms with van der Waals surface area (Å²) in [5.41, 5.74) is 9.07. The molecule has 2 rings (SSSR count). The van der Waals surface area contributed by atoms with E-state index in [9.17, 15) is 0 Å². The first-order chi connectivity index (χ1) is 8.47. The van der Waals surface area contributed by atoms with Gasteiger partial charge in [0, 0.05) is 20.3 Å². The van der Waals surface area contributed by atoms with E-state index in [4.69, 9.17) is 5.73 Å². The molecule has 0 saturated carbocycles. The number of nitrogens with one attached hydrogen (secondary N) is 1. The van der Waals surface area contributed by atoms with Gasteiger partial charge in [0.25, 0.3) is 0 Å². The zero-order chi connectivity index (χ0) is 13.3. The number of thiophene rings is 1. The van der Waals surface area contributed by atoms with Crippen LogP contribution in [0.1, 0.15) is 28.3 Å². The molecule has 0 bridgehead atoms. The summed E-state index contributed by atoms with van der Waals surface area (Å²) in [6.45, 7) is 6.46. The highest BCUT2D eigenvalue weighted by atomic mass is 79.9. The number of nitrogens with two attached hydrogens (primary N) is 1. The molecule has 0 fully saturated rings. The van der Waals surface area contributed by atoms with Gasteiger partial charge in [-0.2, -0.15) is 0 Å². The Balaban J connectivity index is 2.23. The zero-order valence-electron chi connectivity index (χ0n) is 10.8. The van der Waals surface area contributed by atoms with Crippen LogP contribution in [0.5, 0.6) is 0 Å². The van der Waals surface area contributed by atoms with Gasteiger partial charge < -0.3 is 11.1 Å². The Labute approximate surface area is 120 Å². The molecular weight excluding hydrogens is 308 g/mol. The Hall–Kier alpha value is -1.00. The molecule has 0 aliphatic heterocycles. The van der Waals surface area contributed by atoms with Gasteiger partial charge in [-0.25, -0.2) is 0 Å². The maximum Gasteiger partial charge on any atom is 0.0589 e. The number of halogens is 1. The van der Waals surface area contributed by atoms with Crippen LogP contribution in [-0.4, -0.2) is 0 Å². The van der Waals surface area contributed by atoms with Gasteiger partial charge >= 0.3 is 0 Å². The molecule has 96 valence electrons. The van der Waals surface area contributed by atoms with Gasteiger partial charge in [-0.05, 0) is 50.6 Å². The maximum atomic E-state index is 5.98. The first-order valence-electron chi connectivity index (χ1n) is 5.86. The Morgan fingerprint density at radius 3 is 2.61 bits per heavy atom. The summed E-state index contributed by atoms with van der Waals surface area (Å²) in [5, 5.41) is 3.47. The SMILES string of the molecule is Cc1cc(C(C)Nc2cc(Br)ccc2N)c(C)s1. The fourth-order valence-corrected chi connectivity index (χ4v) is 3.43. The minimum atomic E-state index is 0.256. The third-order valence-electron chi connectivity index (χ3n) is 2.93. The van der Waals surface area contributed by atoms with Crippen LogP contribution in [0.15, 0.2) is 28.7 Å². The highest BCUT2D eigenvalue weighted by Crippen LogP contribution is 2.31. The molecule has 0 aliphatic carbocycles. The van der Waals surface area contributed by atoms with E-state index in [1.54, 1.807) is 0 Å². The van der Waals surface area contributed by atoms with E-state index in [1.165, 1.54) is 15.3 Å². The van der Waals surface area contributed by atoms with Crippen LogP contribution in [0.3, 0.4) is 0 Å². The van der Waals surface area contributed by atoms with Gasteiger partial charge in [-0.3, -0.25) is 0 Å². The van der Waals surface area contributed by atoms with Gasteiger partial charge in [0.05, 0.1) is 11.4 Å². The summed E-state index contributed by atoms with van der Waals surface area (Å²) in [6, 6.07) is 8.37. The summed E-state index contributed by atoms with van der Waals surface area (Å²) in [5.74, 6) is 0. The number of aryl methyl sites for hydroxylation is 2. The maximum absolute atomic E-state index is 5.98. The molecule has 0 spiro atoms. The lowest BCUT2D eigenvalue weighted by Gasteiger charge is -2.17. The first kappa shape index (κ1) is 13.4. The molecule has 0 aliphatic rings. The van der Waals surface area contributed by atoms with Crippen molar-refractivity contribution >= 4 is 38.6 Å². The normalized spacial score (nSPS) is 12.4. The molecule has 1 aromatic carbocycles. The number of hydrogen-bond acceptors (Lipinski definition) is 3. The van der Waals surface area contributed by atoms with E-state index in [-0.39, 0.29) is 6.04 Å². The standard InChI is InChI=1S/C14H17BrN2S/c1-8-6-12(10(3)18-8)9(2)17-14-7-11(15)4-5-13(14)16/h4-7,9,17H,16H2,1-3H3. The Morgan fingerprint density at radius 2 is 2.00 bits per heavy atom. The van der Waals surface area contributed by atoms with E-state index < -0.39 is 0 Å². The van der Waals surface area contributed by atoms with Crippen molar-refractivity contribution in [2.24, 2.45) is 0 Å². The predicted molar refractivity (Wildman–Crippen MR) is 84.4 cm³/mol. The van der Waals surface area contributed by atoms with Crippen molar-refractivity contribution < 1.29 is 0 Å². The first-order valence-corrected chi connectivity index (χ1v) is 7.47. The van der Waals surface area contributed by atoms with Crippen molar-refractivity contribution in [2.75, 3.05) is 11.1 Å². The van der Waals surface area contributed by atoms with Crippen molar-refractivity contribution in [2.45, 2.75) is 26.8 Å².